The first-order valence-corrected chi connectivity index (χ1v) is 7.53. The Kier molecular flexibility index (Phi) is 6.16. The third-order valence-electron chi connectivity index (χ3n) is 4.27. The second-order valence-electron chi connectivity index (χ2n) is 6.92. The molecule has 1 heterocycles. The van der Waals surface area contributed by atoms with Gasteiger partial charge in [-0.3, -0.25) is 4.79 Å². The van der Waals surface area contributed by atoms with Gasteiger partial charge >= 0.3 is 5.97 Å². The number of carboxylic acids is 1. The number of nitrogens with one attached hydrogen (secondary N) is 1. The molecule has 6 heteroatoms. The Morgan fingerprint density at radius 3 is 2.48 bits per heavy atom. The molecule has 0 spiro atoms. The lowest BCUT2D eigenvalue weighted by Crippen LogP contribution is -2.55. The van der Waals surface area contributed by atoms with Gasteiger partial charge in [-0.1, -0.05) is 20.8 Å². The van der Waals surface area contributed by atoms with Gasteiger partial charge < -0.3 is 20.9 Å². The van der Waals surface area contributed by atoms with Crippen LogP contribution in [0.15, 0.2) is 0 Å². The summed E-state index contributed by atoms with van der Waals surface area (Å²) >= 11 is 0. The zero-order valence-electron chi connectivity index (χ0n) is 13.3. The number of carbonyl (C=O) groups is 2. The van der Waals surface area contributed by atoms with Gasteiger partial charge in [-0.05, 0) is 30.7 Å². The fourth-order valence-corrected chi connectivity index (χ4v) is 2.73. The predicted molar refractivity (Wildman–Crippen MR) is 79.8 cm³/mol. The van der Waals surface area contributed by atoms with E-state index in [1.54, 1.807) is 0 Å². The van der Waals surface area contributed by atoms with E-state index >= 15 is 0 Å². The molecule has 0 aliphatic carbocycles. The van der Waals surface area contributed by atoms with E-state index in [0.717, 1.165) is 6.42 Å². The maximum Gasteiger partial charge on any atom is 0.331 e. The Morgan fingerprint density at radius 2 is 2.05 bits per heavy atom. The molecule has 2 unspecified atom stereocenters. The Bertz CT molecular complexity index is 370. The van der Waals surface area contributed by atoms with Crippen LogP contribution < -0.4 is 11.1 Å². The van der Waals surface area contributed by atoms with Gasteiger partial charge in [0.05, 0.1) is 6.61 Å². The maximum absolute atomic E-state index is 12.1. The van der Waals surface area contributed by atoms with Crippen molar-refractivity contribution in [3.8, 4) is 0 Å². The van der Waals surface area contributed by atoms with E-state index in [1.807, 2.05) is 0 Å². The van der Waals surface area contributed by atoms with E-state index < -0.39 is 11.5 Å². The number of hydrogen-bond acceptors (Lipinski definition) is 4. The molecule has 1 amide bonds. The van der Waals surface area contributed by atoms with Gasteiger partial charge in [0.2, 0.25) is 5.91 Å². The van der Waals surface area contributed by atoms with Crippen LogP contribution in [0.4, 0.5) is 0 Å². The number of aliphatic carboxylic acids is 1. The number of nitrogens with two attached hydrogens (primary N) is 1. The zero-order chi connectivity index (χ0) is 16.1. The van der Waals surface area contributed by atoms with Gasteiger partial charge in [0.25, 0.3) is 0 Å². The molecule has 4 N–H and O–H groups in total. The van der Waals surface area contributed by atoms with Crippen molar-refractivity contribution >= 4 is 11.9 Å². The summed E-state index contributed by atoms with van der Waals surface area (Å²) in [5, 5.41) is 11.9. The predicted octanol–water partition coefficient (Wildman–Crippen LogP) is 1.14. The highest BCUT2D eigenvalue weighted by atomic mass is 16.5. The number of rotatable bonds is 7. The normalized spacial score (nSPS) is 23.8. The highest BCUT2D eigenvalue weighted by Crippen LogP contribution is 2.32. The van der Waals surface area contributed by atoms with Gasteiger partial charge in [0.1, 0.15) is 0 Å². The van der Waals surface area contributed by atoms with Gasteiger partial charge in [-0.2, -0.15) is 0 Å². The molecule has 0 aromatic rings. The highest BCUT2D eigenvalue weighted by Gasteiger charge is 2.43. The molecular weight excluding hydrogens is 272 g/mol. The number of amides is 1. The van der Waals surface area contributed by atoms with Gasteiger partial charge in [-0.15, -0.1) is 0 Å². The van der Waals surface area contributed by atoms with Crippen molar-refractivity contribution in [3.05, 3.63) is 0 Å². The minimum absolute atomic E-state index is 0.0412. The summed E-state index contributed by atoms with van der Waals surface area (Å²) in [5.41, 5.74) is 4.47. The van der Waals surface area contributed by atoms with Gasteiger partial charge in [-0.25, -0.2) is 4.79 Å². The highest BCUT2D eigenvalue weighted by molar-refractivity contribution is 5.87. The monoisotopic (exact) mass is 300 g/mol. The number of carbonyl (C=O) groups excluding carboxylic acids is 1. The zero-order valence-corrected chi connectivity index (χ0v) is 13.3. The first kappa shape index (κ1) is 17.9. The molecule has 1 rings (SSSR count). The van der Waals surface area contributed by atoms with Crippen LogP contribution in [0, 0.1) is 11.3 Å². The second kappa shape index (κ2) is 7.22. The Hall–Kier alpha value is -1.14. The van der Waals surface area contributed by atoms with Crippen LogP contribution in [-0.4, -0.2) is 42.3 Å². The summed E-state index contributed by atoms with van der Waals surface area (Å²) in [4.78, 5) is 23.4. The number of carboxylic acid groups (broad SMARTS) is 1. The minimum Gasteiger partial charge on any atom is -0.479 e. The largest absolute Gasteiger partial charge is 0.479 e. The molecule has 122 valence electrons. The lowest BCUT2D eigenvalue weighted by Gasteiger charge is -2.31. The summed E-state index contributed by atoms with van der Waals surface area (Å²) in [6.07, 6.45) is 2.21. The van der Waals surface area contributed by atoms with Crippen LogP contribution >= 0.6 is 0 Å². The second-order valence-corrected chi connectivity index (χ2v) is 6.92. The molecule has 2 atom stereocenters. The van der Waals surface area contributed by atoms with E-state index in [9.17, 15) is 14.7 Å². The topological polar surface area (TPSA) is 102 Å². The van der Waals surface area contributed by atoms with E-state index in [0.29, 0.717) is 38.3 Å². The van der Waals surface area contributed by atoms with Crippen LogP contribution in [0.3, 0.4) is 0 Å². The van der Waals surface area contributed by atoms with Gasteiger partial charge in [0.15, 0.2) is 5.54 Å². The van der Waals surface area contributed by atoms with E-state index in [4.69, 9.17) is 10.5 Å². The number of ether oxygens (including phenoxy) is 1. The van der Waals surface area contributed by atoms with E-state index in [-0.39, 0.29) is 17.9 Å². The Morgan fingerprint density at radius 1 is 1.38 bits per heavy atom. The summed E-state index contributed by atoms with van der Waals surface area (Å²) in [6.45, 7) is 7.40. The van der Waals surface area contributed by atoms with Crippen molar-refractivity contribution in [2.24, 2.45) is 17.1 Å². The molecule has 0 aromatic carbocycles. The average molecular weight is 300 g/mol. The summed E-state index contributed by atoms with van der Waals surface area (Å²) < 4.78 is 5.13. The van der Waals surface area contributed by atoms with Crippen LogP contribution in [0.1, 0.15) is 46.5 Å². The molecule has 0 saturated carbocycles. The minimum atomic E-state index is -1.25. The molecule has 1 saturated heterocycles. The average Bonchev–Trinajstić information content (AvgIpc) is 2.82. The van der Waals surface area contributed by atoms with Crippen molar-refractivity contribution in [2.75, 3.05) is 19.8 Å². The molecular formula is C15H28N2O4. The van der Waals surface area contributed by atoms with Crippen molar-refractivity contribution in [1.29, 1.82) is 0 Å². The fraction of sp³-hybridized carbons (Fsp3) is 0.867. The molecule has 1 fully saturated rings. The van der Waals surface area contributed by atoms with Crippen LogP contribution in [0.25, 0.3) is 0 Å². The maximum atomic E-state index is 12.1. The molecule has 6 nitrogen and oxygen atoms in total. The van der Waals surface area contributed by atoms with Crippen LogP contribution in [-0.2, 0) is 14.3 Å². The smallest absolute Gasteiger partial charge is 0.331 e. The van der Waals surface area contributed by atoms with Crippen molar-refractivity contribution in [2.45, 2.75) is 52.0 Å². The molecule has 0 radical (unpaired) electrons. The SMILES string of the molecule is CC(C)(C)C(CCN)CCC(=O)NC1(C(=O)O)CCOC1. The third-order valence-corrected chi connectivity index (χ3v) is 4.27. The quantitative estimate of drug-likeness (QED) is 0.654. The summed E-state index contributed by atoms with van der Waals surface area (Å²) in [5.74, 6) is -0.911. The number of hydrogen-bond donors (Lipinski definition) is 3. The van der Waals surface area contributed by atoms with E-state index in [2.05, 4.69) is 26.1 Å². The van der Waals surface area contributed by atoms with Crippen LogP contribution in [0.5, 0.6) is 0 Å². The molecule has 1 aliphatic rings. The van der Waals surface area contributed by atoms with Crippen LogP contribution in [0.2, 0.25) is 0 Å². The molecule has 0 aromatic heterocycles. The molecule has 21 heavy (non-hydrogen) atoms. The first-order valence-electron chi connectivity index (χ1n) is 7.53. The fourth-order valence-electron chi connectivity index (χ4n) is 2.73. The first-order chi connectivity index (χ1) is 9.71. The lowest BCUT2D eigenvalue weighted by atomic mass is 9.76. The molecule has 0 bridgehead atoms. The van der Waals surface area contributed by atoms with Crippen molar-refractivity contribution in [1.82, 2.24) is 5.32 Å². The molecule has 1 aliphatic heterocycles. The van der Waals surface area contributed by atoms with Gasteiger partial charge in [0, 0.05) is 19.4 Å². The van der Waals surface area contributed by atoms with Crippen molar-refractivity contribution in [3.63, 3.8) is 0 Å². The van der Waals surface area contributed by atoms with E-state index in [1.165, 1.54) is 0 Å². The Balaban J connectivity index is 2.54. The third kappa shape index (κ3) is 4.97. The summed E-state index contributed by atoms with van der Waals surface area (Å²) in [6, 6.07) is 0. The lowest BCUT2D eigenvalue weighted by molar-refractivity contribution is -0.147. The Labute approximate surface area is 126 Å². The standard InChI is InChI=1S/C15H28N2O4/c1-14(2,3)11(6-8-16)4-5-12(18)17-15(13(19)20)7-9-21-10-15/h11H,4-10,16H2,1-3H3,(H,17,18)(H,19,20). The summed E-state index contributed by atoms with van der Waals surface area (Å²) in [7, 11) is 0. The van der Waals surface area contributed by atoms with Crippen molar-refractivity contribution < 1.29 is 19.4 Å².